The first-order chi connectivity index (χ1) is 9.51. The molecule has 1 aromatic heterocycles. The van der Waals surface area contributed by atoms with Gasteiger partial charge in [0.25, 0.3) is 5.91 Å². The molecule has 2 aromatic rings. The van der Waals surface area contributed by atoms with Gasteiger partial charge in [0.05, 0.1) is 5.69 Å². The highest BCUT2D eigenvalue weighted by Gasteiger charge is 2.16. The van der Waals surface area contributed by atoms with E-state index in [0.29, 0.717) is 12.1 Å². The summed E-state index contributed by atoms with van der Waals surface area (Å²) in [6.45, 7) is 1.88. The summed E-state index contributed by atoms with van der Waals surface area (Å²) in [4.78, 5) is 19.8. The Kier molecular flexibility index (Phi) is 4.57. The average Bonchev–Trinajstić information content (AvgIpc) is 2.38. The van der Waals surface area contributed by atoms with Crippen LogP contribution in [0.4, 0.5) is 11.5 Å². The number of halogens is 2. The second-order valence-corrected chi connectivity index (χ2v) is 5.29. The zero-order chi connectivity index (χ0) is 14.7. The molecule has 0 aliphatic heterocycles. The molecule has 0 aliphatic rings. The van der Waals surface area contributed by atoms with Crippen molar-refractivity contribution in [2.75, 3.05) is 5.32 Å². The Hall–Kier alpha value is -1.66. The summed E-state index contributed by atoms with van der Waals surface area (Å²) in [5, 5.41) is 3.26. The first-order valence-electron chi connectivity index (χ1n) is 5.90. The number of anilines is 2. The molecule has 0 fully saturated rings. The number of amides is 1. The maximum atomic E-state index is 11.5. The lowest BCUT2D eigenvalue weighted by Gasteiger charge is -2.11. The van der Waals surface area contributed by atoms with Crippen molar-refractivity contribution in [2.24, 2.45) is 5.73 Å². The van der Waals surface area contributed by atoms with Crippen molar-refractivity contribution in [3.8, 4) is 0 Å². The van der Waals surface area contributed by atoms with Crippen LogP contribution in [0.5, 0.6) is 0 Å². The fraction of sp³-hybridized carbons (Fsp3) is 0.154. The highest BCUT2D eigenvalue weighted by molar-refractivity contribution is 9.10. The summed E-state index contributed by atoms with van der Waals surface area (Å²) < 4.78 is 0.896. The number of nitrogens with one attached hydrogen (secondary N) is 1. The quantitative estimate of drug-likeness (QED) is 0.882. The maximum Gasteiger partial charge on any atom is 0.271 e. The number of hydrogen-bond acceptors (Lipinski definition) is 4. The third kappa shape index (κ3) is 3.26. The number of nitrogens with zero attached hydrogens (tertiary/aromatic N) is 2. The van der Waals surface area contributed by atoms with Crippen molar-refractivity contribution in [1.82, 2.24) is 9.97 Å². The number of carbonyl (C=O) groups excluding carboxylic acids is 1. The molecule has 0 spiro atoms. The monoisotopic (exact) mass is 354 g/mol. The normalized spacial score (nSPS) is 10.3. The Morgan fingerprint density at radius 1 is 1.45 bits per heavy atom. The summed E-state index contributed by atoms with van der Waals surface area (Å²) in [6.07, 6.45) is 0.573. The predicted octanol–water partition coefficient (Wildman–Crippen LogP) is 3.30. The summed E-state index contributed by atoms with van der Waals surface area (Å²) in [6, 6.07) is 7.41. The predicted molar refractivity (Wildman–Crippen MR) is 82.4 cm³/mol. The number of nitrogens with two attached hydrogens (primary N) is 1. The Morgan fingerprint density at radius 3 is 2.80 bits per heavy atom. The van der Waals surface area contributed by atoms with Gasteiger partial charge in [-0.1, -0.05) is 40.5 Å². The number of benzene rings is 1. The molecular formula is C13H12BrClN4O. The van der Waals surface area contributed by atoms with E-state index >= 15 is 0 Å². The second kappa shape index (κ2) is 6.19. The lowest BCUT2D eigenvalue weighted by atomic mass is 10.3. The summed E-state index contributed by atoms with van der Waals surface area (Å²) >= 11 is 9.40. The molecule has 1 aromatic carbocycles. The number of hydrogen-bond donors (Lipinski definition) is 2. The van der Waals surface area contributed by atoms with Crippen LogP contribution in [-0.2, 0) is 6.42 Å². The minimum atomic E-state index is -0.652. The van der Waals surface area contributed by atoms with E-state index in [1.54, 1.807) is 0 Å². The third-order valence-corrected chi connectivity index (χ3v) is 3.37. The number of primary amides is 1. The van der Waals surface area contributed by atoms with Gasteiger partial charge in [-0.05, 0) is 24.6 Å². The summed E-state index contributed by atoms with van der Waals surface area (Å²) in [5.41, 5.74) is 6.70. The van der Waals surface area contributed by atoms with E-state index in [1.165, 1.54) is 0 Å². The van der Waals surface area contributed by atoms with E-state index in [4.69, 9.17) is 17.3 Å². The molecule has 1 amide bonds. The Bertz CT molecular complexity index is 663. The van der Waals surface area contributed by atoms with Crippen molar-refractivity contribution in [3.05, 3.63) is 45.3 Å². The van der Waals surface area contributed by atoms with Crippen molar-refractivity contribution in [2.45, 2.75) is 13.3 Å². The van der Waals surface area contributed by atoms with Gasteiger partial charge in [-0.15, -0.1) is 0 Å². The van der Waals surface area contributed by atoms with E-state index in [0.717, 1.165) is 10.2 Å². The van der Waals surface area contributed by atoms with Gasteiger partial charge in [0.2, 0.25) is 0 Å². The molecule has 7 heteroatoms. The van der Waals surface area contributed by atoms with E-state index in [1.807, 2.05) is 31.2 Å². The lowest BCUT2D eigenvalue weighted by Crippen LogP contribution is -2.18. The lowest BCUT2D eigenvalue weighted by molar-refractivity contribution is 0.0996. The molecule has 0 saturated heterocycles. The molecule has 3 N–H and O–H groups in total. The molecule has 0 bridgehead atoms. The molecule has 0 aliphatic carbocycles. The third-order valence-electron chi connectivity index (χ3n) is 2.57. The smallest absolute Gasteiger partial charge is 0.271 e. The number of rotatable bonds is 4. The van der Waals surface area contributed by atoms with Crippen LogP contribution in [0, 0.1) is 0 Å². The van der Waals surface area contributed by atoms with Gasteiger partial charge in [0.1, 0.15) is 0 Å². The topological polar surface area (TPSA) is 80.9 Å². The molecule has 20 heavy (non-hydrogen) atoms. The van der Waals surface area contributed by atoms with Gasteiger partial charge < -0.3 is 11.1 Å². The first-order valence-corrected chi connectivity index (χ1v) is 7.07. The first kappa shape index (κ1) is 14.7. The fourth-order valence-corrected chi connectivity index (χ4v) is 2.30. The van der Waals surface area contributed by atoms with Crippen molar-refractivity contribution >= 4 is 44.9 Å². The van der Waals surface area contributed by atoms with Crippen LogP contribution >= 0.6 is 27.5 Å². The van der Waals surface area contributed by atoms with Crippen molar-refractivity contribution in [1.29, 1.82) is 0 Å². The minimum absolute atomic E-state index is 0.0752. The minimum Gasteiger partial charge on any atom is -0.364 e. The Morgan fingerprint density at radius 2 is 2.20 bits per heavy atom. The fourth-order valence-electron chi connectivity index (χ4n) is 1.64. The molecule has 5 nitrogen and oxygen atoms in total. The van der Waals surface area contributed by atoms with E-state index in [-0.39, 0.29) is 16.7 Å². The van der Waals surface area contributed by atoms with Gasteiger partial charge >= 0.3 is 0 Å². The number of carbonyl (C=O) groups is 1. The van der Waals surface area contributed by atoms with Crippen LogP contribution < -0.4 is 11.1 Å². The van der Waals surface area contributed by atoms with Crippen LogP contribution in [0.25, 0.3) is 0 Å². The van der Waals surface area contributed by atoms with Crippen LogP contribution in [0.15, 0.2) is 28.7 Å². The van der Waals surface area contributed by atoms with Crippen LogP contribution in [0.2, 0.25) is 5.15 Å². The highest BCUT2D eigenvalue weighted by Crippen LogP contribution is 2.23. The highest BCUT2D eigenvalue weighted by atomic mass is 79.9. The maximum absolute atomic E-state index is 11.5. The zero-order valence-electron chi connectivity index (χ0n) is 10.7. The largest absolute Gasteiger partial charge is 0.364 e. The van der Waals surface area contributed by atoms with Gasteiger partial charge in [-0.25, -0.2) is 9.97 Å². The molecule has 0 radical (unpaired) electrons. The van der Waals surface area contributed by atoms with Crippen LogP contribution in [0.3, 0.4) is 0 Å². The van der Waals surface area contributed by atoms with Gasteiger partial charge in [-0.3, -0.25) is 4.79 Å². The van der Waals surface area contributed by atoms with Gasteiger partial charge in [-0.2, -0.15) is 0 Å². The molecule has 0 atom stereocenters. The van der Waals surface area contributed by atoms with Crippen molar-refractivity contribution < 1.29 is 4.79 Å². The van der Waals surface area contributed by atoms with Crippen molar-refractivity contribution in [3.63, 3.8) is 0 Å². The zero-order valence-corrected chi connectivity index (χ0v) is 13.0. The van der Waals surface area contributed by atoms with Gasteiger partial charge in [0, 0.05) is 10.2 Å². The molecule has 1 heterocycles. The van der Waals surface area contributed by atoms with E-state index in [2.05, 4.69) is 31.2 Å². The standard InChI is InChI=1S/C13H12BrClN4O/c1-2-9-11(15)19-13(10(18-9)12(16)20)17-8-5-3-4-7(14)6-8/h3-6H,2H2,1H3,(H2,16,20)(H,17,19). The molecule has 0 unspecified atom stereocenters. The molecular weight excluding hydrogens is 344 g/mol. The van der Waals surface area contributed by atoms with Gasteiger partial charge in [0.15, 0.2) is 16.7 Å². The summed E-state index contributed by atoms with van der Waals surface area (Å²) in [5.74, 6) is -0.404. The second-order valence-electron chi connectivity index (χ2n) is 4.01. The SMILES string of the molecule is CCc1nc(C(N)=O)c(Nc2cccc(Br)c2)nc1Cl. The number of aromatic nitrogens is 2. The average molecular weight is 356 g/mol. The molecule has 0 saturated carbocycles. The van der Waals surface area contributed by atoms with Crippen LogP contribution in [0.1, 0.15) is 23.1 Å². The Labute approximate surface area is 129 Å². The van der Waals surface area contributed by atoms with Crippen LogP contribution in [-0.4, -0.2) is 15.9 Å². The molecule has 104 valence electrons. The summed E-state index contributed by atoms with van der Waals surface area (Å²) in [7, 11) is 0. The molecule has 2 rings (SSSR count). The van der Waals surface area contributed by atoms with E-state index in [9.17, 15) is 4.79 Å². The Balaban J connectivity index is 2.45. The van der Waals surface area contributed by atoms with E-state index < -0.39 is 5.91 Å². The number of aryl methyl sites for hydroxylation is 1.